The van der Waals surface area contributed by atoms with Crippen molar-refractivity contribution in [1.82, 2.24) is 0 Å². The van der Waals surface area contributed by atoms with Gasteiger partial charge in [0.25, 0.3) is 0 Å². The molecular formula is C13H20BrClN2. The molecule has 1 aromatic rings. The molecular weight excluding hydrogens is 300 g/mol. The van der Waals surface area contributed by atoms with E-state index in [1.165, 1.54) is 19.3 Å². The second-order valence-electron chi connectivity index (χ2n) is 4.20. The number of benzene rings is 1. The normalized spacial score (nSPS) is 12.5. The highest BCUT2D eigenvalue weighted by atomic mass is 79.9. The van der Waals surface area contributed by atoms with Crippen LogP contribution in [-0.2, 0) is 0 Å². The van der Waals surface area contributed by atoms with E-state index in [4.69, 9.17) is 17.3 Å². The largest absolute Gasteiger partial charge is 0.381 e. The van der Waals surface area contributed by atoms with Gasteiger partial charge in [-0.25, -0.2) is 0 Å². The molecule has 0 heterocycles. The van der Waals surface area contributed by atoms with Crippen LogP contribution in [-0.4, -0.2) is 12.6 Å². The fourth-order valence-electron chi connectivity index (χ4n) is 1.71. The van der Waals surface area contributed by atoms with Gasteiger partial charge < -0.3 is 11.1 Å². The molecule has 0 aliphatic rings. The first-order chi connectivity index (χ1) is 8.17. The van der Waals surface area contributed by atoms with Crippen molar-refractivity contribution < 1.29 is 0 Å². The van der Waals surface area contributed by atoms with E-state index in [2.05, 4.69) is 28.2 Å². The smallest absolute Gasteiger partial charge is 0.0549 e. The Balaban J connectivity index is 2.51. The minimum Gasteiger partial charge on any atom is -0.381 e. The summed E-state index contributed by atoms with van der Waals surface area (Å²) in [5, 5.41) is 4.17. The summed E-state index contributed by atoms with van der Waals surface area (Å²) in [6.45, 7) is 2.87. The van der Waals surface area contributed by atoms with Crippen LogP contribution < -0.4 is 11.1 Å². The quantitative estimate of drug-likeness (QED) is 0.730. The number of nitrogens with two attached hydrogens (primary N) is 1. The van der Waals surface area contributed by atoms with Crippen LogP contribution in [0.2, 0.25) is 5.02 Å². The van der Waals surface area contributed by atoms with Crippen molar-refractivity contribution in [2.45, 2.75) is 38.6 Å². The van der Waals surface area contributed by atoms with Crippen LogP contribution in [0.5, 0.6) is 0 Å². The van der Waals surface area contributed by atoms with Crippen LogP contribution in [0.4, 0.5) is 5.69 Å². The first-order valence-corrected chi connectivity index (χ1v) is 7.26. The third kappa shape index (κ3) is 5.28. The first-order valence-electron chi connectivity index (χ1n) is 6.09. The van der Waals surface area contributed by atoms with Crippen LogP contribution in [0, 0.1) is 0 Å². The molecule has 4 heteroatoms. The minimum absolute atomic E-state index is 0.342. The average molecular weight is 320 g/mol. The maximum Gasteiger partial charge on any atom is 0.0549 e. The lowest BCUT2D eigenvalue weighted by atomic mass is 10.1. The molecule has 1 rings (SSSR count). The van der Waals surface area contributed by atoms with Crippen molar-refractivity contribution in [3.63, 3.8) is 0 Å². The van der Waals surface area contributed by atoms with E-state index < -0.39 is 0 Å². The van der Waals surface area contributed by atoms with Gasteiger partial charge in [-0.15, -0.1) is 0 Å². The average Bonchev–Trinajstić information content (AvgIpc) is 2.32. The van der Waals surface area contributed by atoms with Gasteiger partial charge in [0.05, 0.1) is 5.02 Å². The summed E-state index contributed by atoms with van der Waals surface area (Å²) in [5.74, 6) is 0. The minimum atomic E-state index is 0.342. The number of rotatable bonds is 7. The van der Waals surface area contributed by atoms with Crippen molar-refractivity contribution in [2.75, 3.05) is 11.9 Å². The van der Waals surface area contributed by atoms with Crippen molar-refractivity contribution in [1.29, 1.82) is 0 Å². The van der Waals surface area contributed by atoms with Gasteiger partial charge in [0.15, 0.2) is 0 Å². The summed E-state index contributed by atoms with van der Waals surface area (Å²) in [7, 11) is 0. The highest BCUT2D eigenvalue weighted by Gasteiger charge is 2.07. The molecule has 3 N–H and O–H groups in total. The number of nitrogens with one attached hydrogen (secondary N) is 1. The van der Waals surface area contributed by atoms with Gasteiger partial charge in [-0.3, -0.25) is 0 Å². The summed E-state index contributed by atoms with van der Waals surface area (Å²) in [4.78, 5) is 0. The molecule has 0 radical (unpaired) electrons. The molecule has 1 aromatic carbocycles. The van der Waals surface area contributed by atoms with E-state index in [-0.39, 0.29) is 0 Å². The van der Waals surface area contributed by atoms with Crippen LogP contribution in [0.3, 0.4) is 0 Å². The van der Waals surface area contributed by atoms with E-state index in [0.29, 0.717) is 12.6 Å². The Hall–Kier alpha value is -0.250. The predicted molar refractivity (Wildman–Crippen MR) is 79.8 cm³/mol. The zero-order valence-corrected chi connectivity index (χ0v) is 12.5. The summed E-state index contributed by atoms with van der Waals surface area (Å²) in [6, 6.07) is 6.20. The summed E-state index contributed by atoms with van der Waals surface area (Å²) in [5.41, 5.74) is 6.83. The Morgan fingerprint density at radius 3 is 2.76 bits per heavy atom. The van der Waals surface area contributed by atoms with Crippen LogP contribution in [0.15, 0.2) is 22.7 Å². The molecule has 1 atom stereocenters. The topological polar surface area (TPSA) is 38.0 Å². The van der Waals surface area contributed by atoms with Gasteiger partial charge in [-0.2, -0.15) is 0 Å². The van der Waals surface area contributed by atoms with E-state index in [9.17, 15) is 0 Å². The fourth-order valence-corrected chi connectivity index (χ4v) is 2.21. The predicted octanol–water partition coefficient (Wildman–Crippen LogP) is 4.42. The van der Waals surface area contributed by atoms with Crippen LogP contribution in [0.1, 0.15) is 32.6 Å². The zero-order chi connectivity index (χ0) is 12.7. The molecule has 0 amide bonds. The summed E-state index contributed by atoms with van der Waals surface area (Å²) in [6.07, 6.45) is 4.84. The van der Waals surface area contributed by atoms with Crippen molar-refractivity contribution >= 4 is 33.2 Å². The molecule has 17 heavy (non-hydrogen) atoms. The van der Waals surface area contributed by atoms with Crippen molar-refractivity contribution in [3.05, 3.63) is 27.7 Å². The maximum absolute atomic E-state index is 5.95. The zero-order valence-electron chi connectivity index (χ0n) is 10.2. The van der Waals surface area contributed by atoms with Gasteiger partial charge in [-0.05, 0) is 40.5 Å². The number of unbranched alkanes of at least 4 members (excludes halogenated alkanes) is 2. The molecule has 96 valence electrons. The highest BCUT2D eigenvalue weighted by Crippen LogP contribution is 2.26. The van der Waals surface area contributed by atoms with Crippen molar-refractivity contribution in [2.24, 2.45) is 5.73 Å². The highest BCUT2D eigenvalue weighted by molar-refractivity contribution is 9.10. The second-order valence-corrected chi connectivity index (χ2v) is 5.46. The van der Waals surface area contributed by atoms with Gasteiger partial charge in [0.2, 0.25) is 0 Å². The molecule has 0 bridgehead atoms. The second kappa shape index (κ2) is 7.96. The summed E-state index contributed by atoms with van der Waals surface area (Å²) >= 11 is 9.37. The van der Waals surface area contributed by atoms with E-state index in [1.807, 2.05) is 18.2 Å². The molecule has 0 fully saturated rings. The van der Waals surface area contributed by atoms with E-state index in [0.717, 1.165) is 21.6 Å². The molecule has 2 nitrogen and oxygen atoms in total. The Morgan fingerprint density at radius 2 is 2.18 bits per heavy atom. The first kappa shape index (κ1) is 14.8. The van der Waals surface area contributed by atoms with Crippen molar-refractivity contribution in [3.8, 4) is 0 Å². The Labute approximate surface area is 117 Å². The van der Waals surface area contributed by atoms with E-state index >= 15 is 0 Å². The molecule has 0 aromatic heterocycles. The Morgan fingerprint density at radius 1 is 1.41 bits per heavy atom. The molecule has 0 spiro atoms. The molecule has 0 aliphatic carbocycles. The standard InChI is InChI=1S/C13H20BrClN2/c1-2-3-4-5-11(9-16)17-10-6-7-13(15)12(14)8-10/h6-8,11,17H,2-5,9,16H2,1H3. The lowest BCUT2D eigenvalue weighted by molar-refractivity contribution is 0.591. The van der Waals surface area contributed by atoms with Crippen LogP contribution >= 0.6 is 27.5 Å². The summed E-state index contributed by atoms with van der Waals surface area (Å²) < 4.78 is 0.911. The van der Waals surface area contributed by atoms with Gasteiger partial charge in [-0.1, -0.05) is 37.8 Å². The fraction of sp³-hybridized carbons (Fsp3) is 0.538. The monoisotopic (exact) mass is 318 g/mol. The lowest BCUT2D eigenvalue weighted by Crippen LogP contribution is -2.28. The number of halogens is 2. The maximum atomic E-state index is 5.95. The van der Waals surface area contributed by atoms with Gasteiger partial charge in [0.1, 0.15) is 0 Å². The third-order valence-corrected chi connectivity index (χ3v) is 3.95. The van der Waals surface area contributed by atoms with Crippen LogP contribution in [0.25, 0.3) is 0 Å². The number of anilines is 1. The molecule has 0 saturated carbocycles. The van der Waals surface area contributed by atoms with E-state index in [1.54, 1.807) is 0 Å². The third-order valence-electron chi connectivity index (χ3n) is 2.73. The number of hydrogen-bond donors (Lipinski definition) is 2. The Bertz CT molecular complexity index is 344. The lowest BCUT2D eigenvalue weighted by Gasteiger charge is -2.18. The molecule has 0 saturated heterocycles. The SMILES string of the molecule is CCCCCC(CN)Nc1ccc(Cl)c(Br)c1. The Kier molecular flexibility index (Phi) is 6.93. The number of hydrogen-bond acceptors (Lipinski definition) is 2. The van der Waals surface area contributed by atoms with Gasteiger partial charge >= 0.3 is 0 Å². The molecule has 0 aliphatic heterocycles. The van der Waals surface area contributed by atoms with Gasteiger partial charge in [0, 0.05) is 22.7 Å². The molecule has 1 unspecified atom stereocenters.